The maximum atomic E-state index is 10.1. The first-order chi connectivity index (χ1) is 10.5. The number of aliphatic carboxylic acids is 5. The number of rotatable bonds is 8. The fourth-order valence-corrected chi connectivity index (χ4v) is 0.742. The van der Waals surface area contributed by atoms with Crippen LogP contribution in [0.4, 0.5) is 0 Å². The number of carbonyl (C=O) groups is 5. The topological polar surface area (TPSA) is 190 Å². The zero-order valence-corrected chi connectivity index (χ0v) is 12.8. The van der Waals surface area contributed by atoms with Gasteiger partial charge in [0, 0.05) is 12.8 Å². The van der Waals surface area contributed by atoms with Gasteiger partial charge in [-0.1, -0.05) is 13.8 Å². The Bertz CT molecular complexity index is 355. The van der Waals surface area contributed by atoms with Crippen LogP contribution in [0.3, 0.4) is 0 Å². The monoisotopic (exact) mass is 339 g/mol. The van der Waals surface area contributed by atoms with E-state index in [-0.39, 0.29) is 12.8 Å². The van der Waals surface area contributed by atoms with Gasteiger partial charge in [-0.15, -0.1) is 0 Å². The SMILES string of the molecule is CCC(=O)O.CCC(=O)O.O=C(O)CN(CC(=O)O)CC(=O)O. The van der Waals surface area contributed by atoms with Crippen LogP contribution in [0, 0.1) is 0 Å². The van der Waals surface area contributed by atoms with Gasteiger partial charge in [-0.05, 0) is 0 Å². The van der Waals surface area contributed by atoms with Gasteiger partial charge in [-0.25, -0.2) is 0 Å². The van der Waals surface area contributed by atoms with Crippen molar-refractivity contribution in [3.05, 3.63) is 0 Å². The first kappa shape index (κ1) is 25.3. The molecule has 0 rings (SSSR count). The van der Waals surface area contributed by atoms with Crippen LogP contribution in [0.25, 0.3) is 0 Å². The van der Waals surface area contributed by atoms with E-state index in [1.54, 1.807) is 13.8 Å². The molecule has 134 valence electrons. The van der Waals surface area contributed by atoms with E-state index in [1.165, 1.54) is 0 Å². The van der Waals surface area contributed by atoms with Crippen molar-refractivity contribution in [3.63, 3.8) is 0 Å². The summed E-state index contributed by atoms with van der Waals surface area (Å²) < 4.78 is 0. The second-order valence-electron chi connectivity index (χ2n) is 3.82. The smallest absolute Gasteiger partial charge is 0.317 e. The van der Waals surface area contributed by atoms with E-state index < -0.39 is 49.5 Å². The van der Waals surface area contributed by atoms with Crippen LogP contribution in [0.1, 0.15) is 26.7 Å². The van der Waals surface area contributed by atoms with E-state index in [0.717, 1.165) is 4.90 Å². The summed E-state index contributed by atoms with van der Waals surface area (Å²) in [7, 11) is 0. The number of hydrogen-bond acceptors (Lipinski definition) is 6. The zero-order chi connectivity index (χ0) is 19.0. The molecule has 23 heavy (non-hydrogen) atoms. The molecule has 0 bridgehead atoms. The fourth-order valence-electron chi connectivity index (χ4n) is 0.742. The van der Waals surface area contributed by atoms with E-state index in [4.69, 9.17) is 25.5 Å². The first-order valence-electron chi connectivity index (χ1n) is 6.27. The van der Waals surface area contributed by atoms with Crippen LogP contribution in [0.2, 0.25) is 0 Å². The lowest BCUT2D eigenvalue weighted by molar-refractivity contribution is -0.145. The second-order valence-corrected chi connectivity index (χ2v) is 3.82. The van der Waals surface area contributed by atoms with Crippen LogP contribution < -0.4 is 0 Å². The maximum absolute atomic E-state index is 10.1. The lowest BCUT2D eigenvalue weighted by Gasteiger charge is -2.14. The Labute approximate surface area is 131 Å². The van der Waals surface area contributed by atoms with Gasteiger partial charge in [0.2, 0.25) is 0 Å². The van der Waals surface area contributed by atoms with Gasteiger partial charge in [-0.2, -0.15) is 0 Å². The molecular formula is C12H21NO10. The van der Waals surface area contributed by atoms with E-state index in [9.17, 15) is 24.0 Å². The molecular weight excluding hydrogens is 318 g/mol. The van der Waals surface area contributed by atoms with E-state index in [1.807, 2.05) is 0 Å². The Morgan fingerprint density at radius 2 is 0.739 bits per heavy atom. The quantitative estimate of drug-likeness (QED) is 0.383. The molecule has 0 aromatic rings. The number of carboxylic acids is 5. The molecule has 0 saturated heterocycles. The number of hydrogen-bond donors (Lipinski definition) is 5. The predicted molar refractivity (Wildman–Crippen MR) is 75.2 cm³/mol. The first-order valence-corrected chi connectivity index (χ1v) is 6.27. The molecule has 11 heteroatoms. The Balaban J connectivity index is -0.000000329. The molecule has 0 amide bonds. The largest absolute Gasteiger partial charge is 0.481 e. The van der Waals surface area contributed by atoms with E-state index in [0.29, 0.717) is 0 Å². The Morgan fingerprint density at radius 1 is 0.565 bits per heavy atom. The molecule has 0 aliphatic rings. The molecule has 0 radical (unpaired) electrons. The minimum atomic E-state index is -1.26. The van der Waals surface area contributed by atoms with Crippen molar-refractivity contribution in [2.75, 3.05) is 19.6 Å². The molecule has 0 fully saturated rings. The fraction of sp³-hybridized carbons (Fsp3) is 0.583. The highest BCUT2D eigenvalue weighted by molar-refractivity contribution is 5.75. The van der Waals surface area contributed by atoms with Gasteiger partial charge in [0.15, 0.2) is 0 Å². The summed E-state index contributed by atoms with van der Waals surface area (Å²) in [5.41, 5.74) is 0. The number of nitrogens with zero attached hydrogens (tertiary/aromatic N) is 1. The normalized spacial score (nSPS) is 8.83. The van der Waals surface area contributed by atoms with Crippen LogP contribution >= 0.6 is 0 Å². The molecule has 5 N–H and O–H groups in total. The molecule has 0 heterocycles. The van der Waals surface area contributed by atoms with Crippen molar-refractivity contribution >= 4 is 29.8 Å². The Morgan fingerprint density at radius 3 is 0.826 bits per heavy atom. The van der Waals surface area contributed by atoms with Gasteiger partial charge >= 0.3 is 29.8 Å². The molecule has 0 aromatic heterocycles. The van der Waals surface area contributed by atoms with Crippen molar-refractivity contribution in [1.29, 1.82) is 0 Å². The van der Waals surface area contributed by atoms with Crippen molar-refractivity contribution in [2.45, 2.75) is 26.7 Å². The van der Waals surface area contributed by atoms with Crippen molar-refractivity contribution in [3.8, 4) is 0 Å². The van der Waals surface area contributed by atoms with E-state index >= 15 is 0 Å². The van der Waals surface area contributed by atoms with Gasteiger partial charge in [0.1, 0.15) is 0 Å². The summed E-state index contributed by atoms with van der Waals surface area (Å²) in [4.78, 5) is 50.0. The molecule has 0 aromatic carbocycles. The lowest BCUT2D eigenvalue weighted by Crippen LogP contribution is -2.38. The maximum Gasteiger partial charge on any atom is 0.317 e. The third-order valence-electron chi connectivity index (χ3n) is 1.68. The van der Waals surface area contributed by atoms with Crippen LogP contribution in [0.15, 0.2) is 0 Å². The van der Waals surface area contributed by atoms with Crippen molar-refractivity contribution in [2.24, 2.45) is 0 Å². The van der Waals surface area contributed by atoms with E-state index in [2.05, 4.69) is 0 Å². The molecule has 0 spiro atoms. The standard InChI is InChI=1S/C6H9NO6.2C3H6O2/c8-4(9)1-7(2-5(10)11)3-6(12)13;2*1-2-3(4)5/h1-3H2,(H,8,9)(H,10,11)(H,12,13);2*2H2,1H3,(H,4,5). The summed E-state index contributed by atoms with van der Waals surface area (Å²) in [6.45, 7) is 1.40. The Hall–Kier alpha value is -2.69. The van der Waals surface area contributed by atoms with Gasteiger partial charge in [0.25, 0.3) is 0 Å². The summed E-state index contributed by atoms with van der Waals surface area (Å²) in [5, 5.41) is 40.3. The summed E-state index contributed by atoms with van der Waals surface area (Å²) in [6, 6.07) is 0. The zero-order valence-electron chi connectivity index (χ0n) is 12.8. The van der Waals surface area contributed by atoms with Crippen molar-refractivity contribution < 1.29 is 49.5 Å². The molecule has 0 atom stereocenters. The minimum absolute atomic E-state index is 0.222. The predicted octanol–water partition coefficient (Wildman–Crippen LogP) is -0.496. The van der Waals surface area contributed by atoms with Crippen LogP contribution in [-0.2, 0) is 24.0 Å². The average Bonchev–Trinajstić information content (AvgIpc) is 2.37. The second kappa shape index (κ2) is 15.7. The molecule has 0 saturated carbocycles. The molecule has 11 nitrogen and oxygen atoms in total. The molecule has 0 unspecified atom stereocenters. The highest BCUT2D eigenvalue weighted by Crippen LogP contribution is 1.87. The van der Waals surface area contributed by atoms with Gasteiger partial charge in [0.05, 0.1) is 19.6 Å². The highest BCUT2D eigenvalue weighted by Gasteiger charge is 2.15. The number of carboxylic acid groups (broad SMARTS) is 5. The lowest BCUT2D eigenvalue weighted by atomic mass is 10.4. The Kier molecular flexibility index (Phi) is 17.2. The van der Waals surface area contributed by atoms with Crippen LogP contribution in [0.5, 0.6) is 0 Å². The highest BCUT2D eigenvalue weighted by atomic mass is 16.4. The third-order valence-corrected chi connectivity index (χ3v) is 1.68. The third kappa shape index (κ3) is 32.7. The summed E-state index contributed by atoms with van der Waals surface area (Å²) >= 11 is 0. The molecule has 0 aliphatic carbocycles. The average molecular weight is 339 g/mol. The minimum Gasteiger partial charge on any atom is -0.481 e. The molecule has 0 aliphatic heterocycles. The van der Waals surface area contributed by atoms with Gasteiger partial charge in [-0.3, -0.25) is 28.9 Å². The van der Waals surface area contributed by atoms with Gasteiger partial charge < -0.3 is 25.5 Å². The summed E-state index contributed by atoms with van der Waals surface area (Å²) in [5.74, 6) is -5.28. The summed E-state index contributed by atoms with van der Waals surface area (Å²) in [6.07, 6.45) is 0.444. The van der Waals surface area contributed by atoms with Crippen LogP contribution in [-0.4, -0.2) is 79.9 Å². The van der Waals surface area contributed by atoms with Crippen molar-refractivity contribution in [1.82, 2.24) is 4.90 Å².